The fraction of sp³-hybridized carbons (Fsp3) is 0.429. The van der Waals surface area contributed by atoms with Crippen LogP contribution in [0.5, 0.6) is 5.75 Å². The van der Waals surface area contributed by atoms with E-state index in [1.807, 2.05) is 37.1 Å². The predicted molar refractivity (Wildman–Crippen MR) is 76.7 cm³/mol. The minimum atomic E-state index is -0.497. The van der Waals surface area contributed by atoms with Crippen LogP contribution in [0.4, 0.5) is 4.79 Å². The highest BCUT2D eigenvalue weighted by Gasteiger charge is 2.10. The first-order chi connectivity index (χ1) is 9.46. The summed E-state index contributed by atoms with van der Waals surface area (Å²) >= 11 is 0. The van der Waals surface area contributed by atoms with E-state index in [1.54, 1.807) is 7.11 Å². The molecule has 110 valence electrons. The third-order valence-electron chi connectivity index (χ3n) is 2.81. The third-order valence-corrected chi connectivity index (χ3v) is 2.81. The van der Waals surface area contributed by atoms with E-state index in [-0.39, 0.29) is 12.5 Å². The molecule has 0 bridgehead atoms. The molecular weight excluding hydrogens is 258 g/mol. The summed E-state index contributed by atoms with van der Waals surface area (Å²) in [6.45, 7) is 2.74. The van der Waals surface area contributed by atoms with Crippen molar-refractivity contribution in [1.82, 2.24) is 15.5 Å². The first-order valence-electron chi connectivity index (χ1n) is 6.30. The van der Waals surface area contributed by atoms with Crippen LogP contribution >= 0.6 is 0 Å². The number of methoxy groups -OCH3 is 1. The molecule has 1 rings (SSSR count). The standard InChI is InChI=1S/C14H21N3O3/c1-10-7-11(5-6-12(10)20-4)8-17(3)9-13(18)16-14(19)15-2/h5-7H,8-9H2,1-4H3,(H2,15,16,18,19). The summed E-state index contributed by atoms with van der Waals surface area (Å²) in [7, 11) is 4.92. The van der Waals surface area contributed by atoms with Gasteiger partial charge in [0.05, 0.1) is 13.7 Å². The molecule has 2 N–H and O–H groups in total. The van der Waals surface area contributed by atoms with E-state index in [4.69, 9.17) is 4.74 Å². The highest BCUT2D eigenvalue weighted by Crippen LogP contribution is 2.19. The van der Waals surface area contributed by atoms with Gasteiger partial charge in [0.2, 0.25) is 5.91 Å². The fourth-order valence-corrected chi connectivity index (χ4v) is 1.88. The molecular formula is C14H21N3O3. The summed E-state index contributed by atoms with van der Waals surface area (Å²) in [6, 6.07) is 5.39. The van der Waals surface area contributed by atoms with Gasteiger partial charge in [-0.3, -0.25) is 15.0 Å². The van der Waals surface area contributed by atoms with Gasteiger partial charge in [0.1, 0.15) is 5.75 Å². The van der Waals surface area contributed by atoms with Crippen molar-refractivity contribution in [3.05, 3.63) is 29.3 Å². The Hall–Kier alpha value is -2.08. The van der Waals surface area contributed by atoms with Gasteiger partial charge in [0, 0.05) is 13.6 Å². The van der Waals surface area contributed by atoms with Crippen molar-refractivity contribution in [2.45, 2.75) is 13.5 Å². The van der Waals surface area contributed by atoms with Gasteiger partial charge in [-0.1, -0.05) is 12.1 Å². The minimum absolute atomic E-state index is 0.151. The number of hydrogen-bond donors (Lipinski definition) is 2. The number of aryl methyl sites for hydroxylation is 1. The Balaban J connectivity index is 2.53. The lowest BCUT2D eigenvalue weighted by Crippen LogP contribution is -2.42. The third kappa shape index (κ3) is 4.89. The molecule has 0 aliphatic rings. The number of rotatable bonds is 5. The van der Waals surface area contributed by atoms with Crippen LogP contribution < -0.4 is 15.4 Å². The first-order valence-corrected chi connectivity index (χ1v) is 6.30. The Kier molecular flexibility index (Phi) is 5.99. The van der Waals surface area contributed by atoms with E-state index in [1.165, 1.54) is 7.05 Å². The number of likely N-dealkylation sites (N-methyl/N-ethyl adjacent to an activating group) is 1. The SMILES string of the molecule is CNC(=O)NC(=O)CN(C)Cc1ccc(OC)c(C)c1. The number of hydrogen-bond acceptors (Lipinski definition) is 4. The summed E-state index contributed by atoms with van der Waals surface area (Å²) in [5.74, 6) is 0.505. The Labute approximate surface area is 119 Å². The number of ether oxygens (including phenoxy) is 1. The maximum absolute atomic E-state index is 11.5. The Morgan fingerprint density at radius 1 is 1.35 bits per heavy atom. The normalized spacial score (nSPS) is 10.2. The van der Waals surface area contributed by atoms with Crippen LogP contribution in [0.2, 0.25) is 0 Å². The van der Waals surface area contributed by atoms with Crippen molar-refractivity contribution in [2.24, 2.45) is 0 Å². The van der Waals surface area contributed by atoms with E-state index in [0.717, 1.165) is 16.9 Å². The maximum atomic E-state index is 11.5. The van der Waals surface area contributed by atoms with Gasteiger partial charge in [0.25, 0.3) is 0 Å². The largest absolute Gasteiger partial charge is 0.496 e. The smallest absolute Gasteiger partial charge is 0.321 e. The number of amides is 3. The number of nitrogens with one attached hydrogen (secondary N) is 2. The molecule has 0 atom stereocenters. The highest BCUT2D eigenvalue weighted by atomic mass is 16.5. The van der Waals surface area contributed by atoms with Gasteiger partial charge in [-0.2, -0.15) is 0 Å². The van der Waals surface area contributed by atoms with E-state index in [9.17, 15) is 9.59 Å². The van der Waals surface area contributed by atoms with Crippen LogP contribution in [0, 0.1) is 6.92 Å². The molecule has 0 saturated carbocycles. The van der Waals surface area contributed by atoms with Gasteiger partial charge in [-0.15, -0.1) is 0 Å². The molecule has 6 heteroatoms. The van der Waals surface area contributed by atoms with Crippen molar-refractivity contribution >= 4 is 11.9 Å². The Morgan fingerprint density at radius 3 is 2.60 bits per heavy atom. The van der Waals surface area contributed by atoms with Crippen molar-refractivity contribution in [3.63, 3.8) is 0 Å². The molecule has 1 aromatic carbocycles. The molecule has 0 fully saturated rings. The molecule has 0 aliphatic heterocycles. The van der Waals surface area contributed by atoms with Crippen LogP contribution in [0.1, 0.15) is 11.1 Å². The molecule has 0 spiro atoms. The second-order valence-electron chi connectivity index (χ2n) is 4.60. The lowest BCUT2D eigenvalue weighted by Gasteiger charge is -2.16. The van der Waals surface area contributed by atoms with Crippen molar-refractivity contribution in [3.8, 4) is 5.75 Å². The highest BCUT2D eigenvalue weighted by molar-refractivity contribution is 5.95. The van der Waals surface area contributed by atoms with Crippen molar-refractivity contribution in [1.29, 1.82) is 0 Å². The second kappa shape index (κ2) is 7.49. The molecule has 20 heavy (non-hydrogen) atoms. The second-order valence-corrected chi connectivity index (χ2v) is 4.60. The number of imide groups is 1. The zero-order chi connectivity index (χ0) is 15.1. The Bertz CT molecular complexity index is 489. The molecule has 0 aromatic heterocycles. The summed E-state index contributed by atoms with van der Waals surface area (Å²) in [5.41, 5.74) is 2.13. The average Bonchev–Trinajstić information content (AvgIpc) is 2.38. The number of benzene rings is 1. The summed E-state index contributed by atoms with van der Waals surface area (Å²) in [4.78, 5) is 24.4. The predicted octanol–water partition coefficient (Wildman–Crippen LogP) is 0.891. The number of carbonyl (C=O) groups excluding carboxylic acids is 2. The quantitative estimate of drug-likeness (QED) is 0.840. The van der Waals surface area contributed by atoms with Crippen LogP contribution in [0.3, 0.4) is 0 Å². The number of nitrogens with zero attached hydrogens (tertiary/aromatic N) is 1. The minimum Gasteiger partial charge on any atom is -0.496 e. The number of urea groups is 1. The molecule has 0 saturated heterocycles. The summed E-state index contributed by atoms with van der Waals surface area (Å²) in [5, 5.41) is 4.56. The van der Waals surface area contributed by atoms with Crippen molar-refractivity contribution < 1.29 is 14.3 Å². The van der Waals surface area contributed by atoms with Gasteiger partial charge >= 0.3 is 6.03 Å². The lowest BCUT2D eigenvalue weighted by molar-refractivity contribution is -0.120. The van der Waals surface area contributed by atoms with Gasteiger partial charge < -0.3 is 10.1 Å². The molecule has 0 heterocycles. The van der Waals surface area contributed by atoms with Crippen molar-refractivity contribution in [2.75, 3.05) is 27.7 Å². The van der Waals surface area contributed by atoms with E-state index in [0.29, 0.717) is 6.54 Å². The summed E-state index contributed by atoms with van der Waals surface area (Å²) < 4.78 is 5.20. The van der Waals surface area contributed by atoms with Gasteiger partial charge in [0.15, 0.2) is 0 Å². The zero-order valence-corrected chi connectivity index (χ0v) is 12.3. The van der Waals surface area contributed by atoms with Crippen LogP contribution in [-0.2, 0) is 11.3 Å². The van der Waals surface area contributed by atoms with E-state index < -0.39 is 6.03 Å². The van der Waals surface area contributed by atoms with Crippen LogP contribution in [-0.4, -0.2) is 44.6 Å². The van der Waals surface area contributed by atoms with E-state index in [2.05, 4.69) is 10.6 Å². The maximum Gasteiger partial charge on any atom is 0.321 e. The lowest BCUT2D eigenvalue weighted by atomic mass is 10.1. The van der Waals surface area contributed by atoms with E-state index >= 15 is 0 Å². The molecule has 3 amide bonds. The monoisotopic (exact) mass is 279 g/mol. The fourth-order valence-electron chi connectivity index (χ4n) is 1.88. The summed E-state index contributed by atoms with van der Waals surface area (Å²) in [6.07, 6.45) is 0. The van der Waals surface area contributed by atoms with Gasteiger partial charge in [-0.25, -0.2) is 4.79 Å². The molecule has 1 aromatic rings. The molecule has 0 radical (unpaired) electrons. The van der Waals surface area contributed by atoms with Gasteiger partial charge in [-0.05, 0) is 31.2 Å². The molecule has 6 nitrogen and oxygen atoms in total. The topological polar surface area (TPSA) is 70.7 Å². The zero-order valence-electron chi connectivity index (χ0n) is 12.3. The average molecular weight is 279 g/mol. The van der Waals surface area contributed by atoms with Crippen LogP contribution in [0.25, 0.3) is 0 Å². The molecule has 0 unspecified atom stereocenters. The number of carbonyl (C=O) groups is 2. The Morgan fingerprint density at radius 2 is 2.05 bits per heavy atom. The molecule has 0 aliphatic carbocycles. The van der Waals surface area contributed by atoms with Crippen LogP contribution in [0.15, 0.2) is 18.2 Å². The first kappa shape index (κ1) is 16.0.